The van der Waals surface area contributed by atoms with E-state index in [0.29, 0.717) is 15.8 Å². The van der Waals surface area contributed by atoms with Crippen molar-refractivity contribution in [2.75, 3.05) is 7.11 Å². The van der Waals surface area contributed by atoms with E-state index in [-0.39, 0.29) is 16.3 Å². The van der Waals surface area contributed by atoms with Crippen molar-refractivity contribution in [3.8, 4) is 17.6 Å². The minimum atomic E-state index is 0.00496. The molecule has 0 heterocycles. The van der Waals surface area contributed by atoms with Gasteiger partial charge in [-0.25, -0.2) is 0 Å². The average Bonchev–Trinajstić information content (AvgIpc) is 2.27. The van der Waals surface area contributed by atoms with Crippen molar-refractivity contribution in [1.82, 2.24) is 0 Å². The number of halogens is 1. The molecular formula is C11H9BrN2O2S. The minimum absolute atomic E-state index is 0.00496. The van der Waals surface area contributed by atoms with Crippen molar-refractivity contribution >= 4 is 39.2 Å². The number of phenols is 1. The van der Waals surface area contributed by atoms with Crippen molar-refractivity contribution in [2.45, 2.75) is 0 Å². The number of rotatable bonds is 3. The maximum atomic E-state index is 9.53. The molecule has 0 radical (unpaired) electrons. The summed E-state index contributed by atoms with van der Waals surface area (Å²) in [5.41, 5.74) is 6.22. The van der Waals surface area contributed by atoms with Crippen molar-refractivity contribution < 1.29 is 9.84 Å². The van der Waals surface area contributed by atoms with E-state index in [4.69, 9.17) is 28.0 Å². The first-order chi connectivity index (χ1) is 7.99. The molecule has 0 saturated carbocycles. The van der Waals surface area contributed by atoms with E-state index in [0.717, 1.165) is 0 Å². The third-order valence-electron chi connectivity index (χ3n) is 1.98. The summed E-state index contributed by atoms with van der Waals surface area (Å²) in [7, 11) is 1.44. The van der Waals surface area contributed by atoms with Gasteiger partial charge < -0.3 is 15.6 Å². The highest BCUT2D eigenvalue weighted by Gasteiger charge is 2.08. The number of ether oxygens (including phenoxy) is 1. The zero-order valence-electron chi connectivity index (χ0n) is 8.90. The van der Waals surface area contributed by atoms with Crippen LogP contribution >= 0.6 is 28.1 Å². The van der Waals surface area contributed by atoms with Crippen LogP contribution in [0.3, 0.4) is 0 Å². The van der Waals surface area contributed by atoms with Crippen LogP contribution < -0.4 is 10.5 Å². The van der Waals surface area contributed by atoms with Gasteiger partial charge in [-0.1, -0.05) is 28.1 Å². The van der Waals surface area contributed by atoms with Gasteiger partial charge in [0.05, 0.1) is 12.7 Å². The van der Waals surface area contributed by atoms with E-state index in [1.165, 1.54) is 19.3 Å². The number of benzene rings is 1. The second-order valence-electron chi connectivity index (χ2n) is 3.08. The molecule has 0 aliphatic heterocycles. The van der Waals surface area contributed by atoms with Gasteiger partial charge in [0, 0.05) is 4.47 Å². The number of nitriles is 1. The largest absolute Gasteiger partial charge is 0.504 e. The fourth-order valence-electron chi connectivity index (χ4n) is 1.15. The molecule has 0 aliphatic rings. The third kappa shape index (κ3) is 3.19. The number of thiocarbonyl (C=S) groups is 1. The fourth-order valence-corrected chi connectivity index (χ4v) is 1.70. The van der Waals surface area contributed by atoms with Crippen molar-refractivity contribution in [3.63, 3.8) is 0 Å². The molecule has 0 atom stereocenters. The number of nitrogens with zero attached hydrogens (tertiary/aromatic N) is 1. The second-order valence-corrected chi connectivity index (χ2v) is 4.37. The van der Waals surface area contributed by atoms with Crippen LogP contribution in [0.1, 0.15) is 5.56 Å². The van der Waals surface area contributed by atoms with Crippen LogP contribution in [0.15, 0.2) is 22.2 Å². The van der Waals surface area contributed by atoms with E-state index in [1.54, 1.807) is 6.07 Å². The van der Waals surface area contributed by atoms with E-state index in [1.807, 2.05) is 6.07 Å². The number of hydrogen-bond donors (Lipinski definition) is 2. The summed E-state index contributed by atoms with van der Waals surface area (Å²) in [6.07, 6.45) is 1.52. The standard InChI is InChI=1S/C11H9BrN2O2S/c1-16-10-3-6(8(12)4-9(10)15)2-7(5-13)11(14)17/h2-4,15H,1H3,(H2,14,17)/b7-2-. The Labute approximate surface area is 112 Å². The Balaban J connectivity index is 3.33. The molecule has 4 nitrogen and oxygen atoms in total. The predicted octanol–water partition coefficient (Wildman–Crippen LogP) is 2.36. The minimum Gasteiger partial charge on any atom is -0.504 e. The fraction of sp³-hybridized carbons (Fsp3) is 0.0909. The molecule has 1 aromatic rings. The van der Waals surface area contributed by atoms with E-state index >= 15 is 0 Å². The molecule has 6 heteroatoms. The zero-order chi connectivity index (χ0) is 13.0. The number of aromatic hydroxyl groups is 1. The molecule has 0 amide bonds. The van der Waals surface area contributed by atoms with Gasteiger partial charge in [-0.2, -0.15) is 5.26 Å². The molecule has 0 spiro atoms. The summed E-state index contributed by atoms with van der Waals surface area (Å²) < 4.78 is 5.58. The molecule has 1 aromatic carbocycles. The van der Waals surface area contributed by atoms with Crippen molar-refractivity contribution in [3.05, 3.63) is 27.7 Å². The van der Waals surface area contributed by atoms with Gasteiger partial charge in [-0.05, 0) is 23.8 Å². The summed E-state index contributed by atoms with van der Waals surface area (Å²) >= 11 is 8.00. The molecule has 3 N–H and O–H groups in total. The molecule has 17 heavy (non-hydrogen) atoms. The van der Waals surface area contributed by atoms with Crippen LogP contribution in [0.2, 0.25) is 0 Å². The van der Waals surface area contributed by atoms with Gasteiger partial charge in [0.25, 0.3) is 0 Å². The quantitative estimate of drug-likeness (QED) is 0.509. The van der Waals surface area contributed by atoms with E-state index in [9.17, 15) is 5.11 Å². The highest BCUT2D eigenvalue weighted by molar-refractivity contribution is 9.10. The smallest absolute Gasteiger partial charge is 0.161 e. The molecule has 0 aliphatic carbocycles. The average molecular weight is 313 g/mol. The summed E-state index contributed by atoms with van der Waals surface area (Å²) in [6.45, 7) is 0. The first-order valence-corrected chi connectivity index (χ1v) is 5.67. The van der Waals surface area contributed by atoms with Gasteiger partial charge in [0.1, 0.15) is 11.1 Å². The number of methoxy groups -OCH3 is 1. The lowest BCUT2D eigenvalue weighted by Crippen LogP contribution is -2.09. The number of nitrogens with two attached hydrogens (primary N) is 1. The molecule has 1 rings (SSSR count). The van der Waals surface area contributed by atoms with Crippen LogP contribution in [0.5, 0.6) is 11.5 Å². The van der Waals surface area contributed by atoms with Crippen LogP contribution in [0, 0.1) is 11.3 Å². The van der Waals surface area contributed by atoms with Crippen molar-refractivity contribution in [2.24, 2.45) is 5.73 Å². The SMILES string of the molecule is COc1cc(/C=C(/C#N)C(N)=S)c(Br)cc1O. The van der Waals surface area contributed by atoms with Crippen LogP contribution in [-0.4, -0.2) is 17.2 Å². The number of hydrogen-bond acceptors (Lipinski definition) is 4. The topological polar surface area (TPSA) is 79.3 Å². The maximum absolute atomic E-state index is 9.53. The van der Waals surface area contributed by atoms with Gasteiger partial charge in [0.15, 0.2) is 11.5 Å². The second kappa shape index (κ2) is 5.66. The molecule has 0 saturated heterocycles. The first-order valence-electron chi connectivity index (χ1n) is 4.47. The van der Waals surface area contributed by atoms with Gasteiger partial charge in [-0.15, -0.1) is 0 Å². The van der Waals surface area contributed by atoms with Crippen LogP contribution in [-0.2, 0) is 0 Å². The monoisotopic (exact) mass is 312 g/mol. The highest BCUT2D eigenvalue weighted by atomic mass is 79.9. The normalized spacial score (nSPS) is 10.8. The summed E-state index contributed by atoms with van der Waals surface area (Å²) in [4.78, 5) is 0.0199. The lowest BCUT2D eigenvalue weighted by molar-refractivity contribution is 0.373. The van der Waals surface area contributed by atoms with Crippen LogP contribution in [0.4, 0.5) is 0 Å². The van der Waals surface area contributed by atoms with Gasteiger partial charge in [-0.3, -0.25) is 0 Å². The van der Waals surface area contributed by atoms with E-state index in [2.05, 4.69) is 15.9 Å². The molecule has 0 fully saturated rings. The number of phenolic OH excluding ortho intramolecular Hbond substituents is 1. The first kappa shape index (κ1) is 13.5. The zero-order valence-corrected chi connectivity index (χ0v) is 11.3. The molecule has 0 bridgehead atoms. The lowest BCUT2D eigenvalue weighted by Gasteiger charge is -2.06. The Bertz CT molecular complexity index is 535. The maximum Gasteiger partial charge on any atom is 0.161 e. The Hall–Kier alpha value is -1.58. The molecule has 0 unspecified atom stereocenters. The van der Waals surface area contributed by atoms with Gasteiger partial charge in [0.2, 0.25) is 0 Å². The summed E-state index contributed by atoms with van der Waals surface area (Å²) in [6, 6.07) is 4.95. The molecule has 88 valence electrons. The van der Waals surface area contributed by atoms with Crippen LogP contribution in [0.25, 0.3) is 6.08 Å². The Kier molecular flexibility index (Phi) is 4.49. The lowest BCUT2D eigenvalue weighted by atomic mass is 10.1. The van der Waals surface area contributed by atoms with E-state index < -0.39 is 0 Å². The summed E-state index contributed by atoms with van der Waals surface area (Å²) in [5.74, 6) is 0.310. The third-order valence-corrected chi connectivity index (χ3v) is 2.89. The van der Waals surface area contributed by atoms with Crippen molar-refractivity contribution in [1.29, 1.82) is 5.26 Å². The molecule has 0 aromatic heterocycles. The van der Waals surface area contributed by atoms with Gasteiger partial charge >= 0.3 is 0 Å². The highest BCUT2D eigenvalue weighted by Crippen LogP contribution is 2.33. The Morgan fingerprint density at radius 2 is 2.29 bits per heavy atom. The molecular weight excluding hydrogens is 304 g/mol. The predicted molar refractivity (Wildman–Crippen MR) is 72.7 cm³/mol. The Morgan fingerprint density at radius 1 is 1.65 bits per heavy atom. The Morgan fingerprint density at radius 3 is 2.76 bits per heavy atom. The summed E-state index contributed by atoms with van der Waals surface area (Å²) in [5, 5.41) is 18.4.